The van der Waals surface area contributed by atoms with Gasteiger partial charge in [0.25, 0.3) is 0 Å². The number of hydrogen-bond donors (Lipinski definition) is 2. The number of pyridine rings is 1. The molecule has 0 aliphatic heterocycles. The Bertz CT molecular complexity index is 1200. The third-order valence-electron chi connectivity index (χ3n) is 5.79. The molecule has 174 valence electrons. The molecule has 0 fully saturated rings. The summed E-state index contributed by atoms with van der Waals surface area (Å²) in [4.78, 5) is 15.8. The molecule has 1 heterocycles. The van der Waals surface area contributed by atoms with Gasteiger partial charge < -0.3 is 38.6 Å². The third kappa shape index (κ3) is 3.52. The zero-order valence-electron chi connectivity index (χ0n) is 19.3. The molecule has 0 atom stereocenters. The summed E-state index contributed by atoms with van der Waals surface area (Å²) in [7, 11) is 5.69. The summed E-state index contributed by atoms with van der Waals surface area (Å²) >= 11 is 0. The number of fused-ring (bicyclic) bond motifs is 2. The van der Waals surface area contributed by atoms with Gasteiger partial charge in [0.1, 0.15) is 5.52 Å². The Morgan fingerprint density at radius 1 is 0.844 bits per heavy atom. The molecular formula is C23H30N2O7. The van der Waals surface area contributed by atoms with Crippen molar-refractivity contribution < 1.29 is 29.2 Å². The van der Waals surface area contributed by atoms with Crippen LogP contribution in [0.2, 0.25) is 0 Å². The fourth-order valence-corrected chi connectivity index (χ4v) is 4.16. The molecule has 0 aliphatic carbocycles. The first kappa shape index (κ1) is 23.3. The quantitative estimate of drug-likeness (QED) is 0.484. The fourth-order valence-electron chi connectivity index (χ4n) is 4.16. The highest BCUT2D eigenvalue weighted by Gasteiger charge is 2.29. The number of aromatic hydroxyl groups is 2. The third-order valence-corrected chi connectivity index (χ3v) is 5.79. The minimum absolute atomic E-state index is 0.00864. The van der Waals surface area contributed by atoms with E-state index in [1.165, 1.54) is 40.6 Å². The number of methoxy groups -OCH3 is 4. The fraction of sp³-hybridized carbons (Fsp3) is 0.435. The predicted molar refractivity (Wildman–Crippen MR) is 123 cm³/mol. The van der Waals surface area contributed by atoms with Crippen LogP contribution in [-0.2, 0) is 6.54 Å². The molecule has 0 radical (unpaired) electrons. The number of phenolic OH excluding ortho intramolecular Hbond substituents is 2. The van der Waals surface area contributed by atoms with Crippen molar-refractivity contribution in [1.82, 2.24) is 9.47 Å². The van der Waals surface area contributed by atoms with Crippen molar-refractivity contribution in [2.24, 2.45) is 0 Å². The molecule has 0 bridgehead atoms. The Morgan fingerprint density at radius 3 is 1.97 bits per heavy atom. The lowest BCUT2D eigenvalue weighted by molar-refractivity contribution is 0.291. The Hall–Kier alpha value is -3.33. The highest BCUT2D eigenvalue weighted by molar-refractivity contribution is 6.04. The zero-order valence-corrected chi connectivity index (χ0v) is 19.3. The Balaban J connectivity index is 2.61. The maximum absolute atomic E-state index is 13.6. The molecule has 3 rings (SSSR count). The van der Waals surface area contributed by atoms with E-state index in [2.05, 4.69) is 18.7 Å². The molecule has 3 aromatic rings. The van der Waals surface area contributed by atoms with Crippen LogP contribution in [0.15, 0.2) is 16.9 Å². The molecule has 0 spiro atoms. The van der Waals surface area contributed by atoms with Crippen LogP contribution in [0.25, 0.3) is 21.8 Å². The van der Waals surface area contributed by atoms with Gasteiger partial charge in [-0.25, -0.2) is 0 Å². The summed E-state index contributed by atoms with van der Waals surface area (Å²) in [5, 5.41) is 21.8. The Morgan fingerprint density at radius 2 is 1.44 bits per heavy atom. The summed E-state index contributed by atoms with van der Waals surface area (Å²) < 4.78 is 23.8. The van der Waals surface area contributed by atoms with E-state index in [0.717, 1.165) is 13.1 Å². The number of nitrogens with zero attached hydrogens (tertiary/aromatic N) is 2. The molecule has 32 heavy (non-hydrogen) atoms. The Labute approximate surface area is 186 Å². The van der Waals surface area contributed by atoms with Gasteiger partial charge in [0.15, 0.2) is 23.0 Å². The lowest BCUT2D eigenvalue weighted by Crippen LogP contribution is -2.28. The first-order valence-electron chi connectivity index (χ1n) is 10.4. The van der Waals surface area contributed by atoms with Gasteiger partial charge in [-0.05, 0) is 25.2 Å². The van der Waals surface area contributed by atoms with E-state index in [1.54, 1.807) is 0 Å². The minimum Gasteiger partial charge on any atom is -0.504 e. The van der Waals surface area contributed by atoms with Gasteiger partial charge in [-0.1, -0.05) is 13.8 Å². The van der Waals surface area contributed by atoms with Crippen LogP contribution in [-0.4, -0.2) is 67.8 Å². The van der Waals surface area contributed by atoms with E-state index in [-0.39, 0.29) is 45.3 Å². The maximum atomic E-state index is 13.6. The van der Waals surface area contributed by atoms with E-state index in [0.29, 0.717) is 24.1 Å². The number of ether oxygens (including phenoxy) is 4. The first-order valence-corrected chi connectivity index (χ1v) is 10.4. The van der Waals surface area contributed by atoms with Crippen molar-refractivity contribution in [3.63, 3.8) is 0 Å². The summed E-state index contributed by atoms with van der Waals surface area (Å²) in [6, 6.07) is 2.92. The SMILES string of the molecule is CCN(CC)CCn1c2c(OC)c(O)ccc2c(=O)c2c(O)c(OC)c(OC)c(OC)c21. The van der Waals surface area contributed by atoms with Crippen LogP contribution in [0.1, 0.15) is 13.8 Å². The second-order valence-electron chi connectivity index (χ2n) is 7.19. The van der Waals surface area contributed by atoms with Gasteiger partial charge in [0.2, 0.25) is 16.9 Å². The van der Waals surface area contributed by atoms with Crippen molar-refractivity contribution >= 4 is 21.8 Å². The smallest absolute Gasteiger partial charge is 0.209 e. The van der Waals surface area contributed by atoms with Crippen molar-refractivity contribution in [3.8, 4) is 34.5 Å². The number of rotatable bonds is 9. The molecule has 0 saturated carbocycles. The van der Waals surface area contributed by atoms with Crippen LogP contribution in [0.3, 0.4) is 0 Å². The molecule has 1 aromatic heterocycles. The second-order valence-corrected chi connectivity index (χ2v) is 7.19. The van der Waals surface area contributed by atoms with Gasteiger partial charge in [-0.3, -0.25) is 4.79 Å². The molecular weight excluding hydrogens is 416 g/mol. The van der Waals surface area contributed by atoms with Gasteiger partial charge in [-0.15, -0.1) is 0 Å². The zero-order chi connectivity index (χ0) is 23.6. The molecule has 9 heteroatoms. The maximum Gasteiger partial charge on any atom is 0.209 e. The van der Waals surface area contributed by atoms with Gasteiger partial charge >= 0.3 is 0 Å². The normalized spacial score (nSPS) is 11.3. The average molecular weight is 447 g/mol. The van der Waals surface area contributed by atoms with E-state index >= 15 is 0 Å². The second kappa shape index (κ2) is 9.44. The Kier molecular flexibility index (Phi) is 6.88. The van der Waals surface area contributed by atoms with Crippen LogP contribution in [0, 0.1) is 0 Å². The molecule has 2 aromatic carbocycles. The summed E-state index contributed by atoms with van der Waals surface area (Å²) in [5.74, 6) is 0.136. The summed E-state index contributed by atoms with van der Waals surface area (Å²) in [5.41, 5.74) is 0.294. The number of phenols is 2. The number of hydrogen-bond acceptors (Lipinski definition) is 8. The highest BCUT2D eigenvalue weighted by atomic mass is 16.5. The highest BCUT2D eigenvalue weighted by Crippen LogP contribution is 2.50. The lowest BCUT2D eigenvalue weighted by Gasteiger charge is -2.25. The van der Waals surface area contributed by atoms with Crippen molar-refractivity contribution in [1.29, 1.82) is 0 Å². The van der Waals surface area contributed by atoms with Crippen LogP contribution in [0.5, 0.6) is 34.5 Å². The first-order chi connectivity index (χ1) is 15.4. The average Bonchev–Trinajstić information content (AvgIpc) is 2.80. The molecule has 0 amide bonds. The van der Waals surface area contributed by atoms with E-state index < -0.39 is 5.43 Å². The lowest BCUT2D eigenvalue weighted by atomic mass is 10.0. The predicted octanol–water partition coefficient (Wildman–Crippen LogP) is 2.94. The van der Waals surface area contributed by atoms with Gasteiger partial charge in [0, 0.05) is 13.1 Å². The van der Waals surface area contributed by atoms with Crippen molar-refractivity contribution in [2.75, 3.05) is 48.1 Å². The summed E-state index contributed by atoms with van der Waals surface area (Å²) in [6.45, 7) is 6.90. The van der Waals surface area contributed by atoms with Crippen LogP contribution in [0.4, 0.5) is 0 Å². The molecule has 0 saturated heterocycles. The van der Waals surface area contributed by atoms with Crippen LogP contribution >= 0.6 is 0 Å². The largest absolute Gasteiger partial charge is 0.504 e. The monoisotopic (exact) mass is 446 g/mol. The van der Waals surface area contributed by atoms with Gasteiger partial charge in [-0.2, -0.15) is 0 Å². The van der Waals surface area contributed by atoms with E-state index in [1.807, 2.05) is 4.57 Å². The minimum atomic E-state index is -0.441. The molecule has 0 unspecified atom stereocenters. The standard InChI is InChI=1S/C23H30N2O7/c1-7-24(8-2)11-12-25-16-13(9-10-14(26)20(16)29-3)18(27)15-17(25)21(30-4)23(32-6)22(31-5)19(15)28/h9-10,26,28H,7-8,11-12H2,1-6H3. The molecule has 2 N–H and O–H groups in total. The van der Waals surface area contributed by atoms with Gasteiger partial charge in [0.05, 0.1) is 44.7 Å². The molecule has 9 nitrogen and oxygen atoms in total. The van der Waals surface area contributed by atoms with E-state index in [9.17, 15) is 15.0 Å². The number of likely N-dealkylation sites (N-methyl/N-ethyl adjacent to an activating group) is 1. The molecule has 0 aliphatic rings. The summed E-state index contributed by atoms with van der Waals surface area (Å²) in [6.07, 6.45) is 0. The van der Waals surface area contributed by atoms with E-state index in [4.69, 9.17) is 18.9 Å². The van der Waals surface area contributed by atoms with Crippen molar-refractivity contribution in [2.45, 2.75) is 20.4 Å². The van der Waals surface area contributed by atoms with Crippen molar-refractivity contribution in [3.05, 3.63) is 22.4 Å². The number of benzene rings is 2. The topological polar surface area (TPSA) is 103 Å². The van der Waals surface area contributed by atoms with Crippen LogP contribution < -0.4 is 24.4 Å². The number of aromatic nitrogens is 1.